The Morgan fingerprint density at radius 1 is 1.15 bits per heavy atom. The van der Waals surface area contributed by atoms with Crippen molar-refractivity contribution in [1.82, 2.24) is 4.72 Å². The maximum atomic E-state index is 12.1. The van der Waals surface area contributed by atoms with Crippen LogP contribution >= 0.6 is 11.6 Å². The Hall–Kier alpha value is -2.93. The molecule has 0 saturated heterocycles. The number of sulfonamides is 1. The Bertz CT molecular complexity index is 984. The third-order valence-electron chi connectivity index (χ3n) is 3.17. The number of rotatable bonds is 7. The predicted octanol–water partition coefficient (Wildman–Crippen LogP) is 1.67. The van der Waals surface area contributed by atoms with Crippen LogP contribution in [0.15, 0.2) is 53.4 Å². The molecule has 140 valence electrons. The van der Waals surface area contributed by atoms with Gasteiger partial charge in [-0.25, -0.2) is 8.42 Å². The number of amides is 1. The highest BCUT2D eigenvalue weighted by Gasteiger charge is 2.16. The van der Waals surface area contributed by atoms with Gasteiger partial charge in [0.15, 0.2) is 6.61 Å². The summed E-state index contributed by atoms with van der Waals surface area (Å²) >= 11 is 5.79. The molecule has 0 aliphatic heterocycles. The molecule has 0 atom stereocenters. The smallest absolute Gasteiger partial charge is 0.321 e. The van der Waals surface area contributed by atoms with E-state index in [9.17, 15) is 18.0 Å². The van der Waals surface area contributed by atoms with Gasteiger partial charge in [0.1, 0.15) is 6.54 Å². The van der Waals surface area contributed by atoms with Crippen molar-refractivity contribution >= 4 is 39.2 Å². The number of hydrogen-bond donors (Lipinski definition) is 2. The summed E-state index contributed by atoms with van der Waals surface area (Å²) in [5.74, 6) is -1.52. The van der Waals surface area contributed by atoms with Crippen LogP contribution in [-0.4, -0.2) is 33.4 Å². The normalized spacial score (nSPS) is 10.7. The minimum Gasteiger partial charge on any atom is -0.455 e. The molecule has 8 nitrogen and oxygen atoms in total. The summed E-state index contributed by atoms with van der Waals surface area (Å²) in [7, 11) is -3.95. The predicted molar refractivity (Wildman–Crippen MR) is 97.4 cm³/mol. The number of esters is 1. The molecule has 10 heteroatoms. The molecule has 0 spiro atoms. The lowest BCUT2D eigenvalue weighted by Crippen LogP contribution is -2.32. The van der Waals surface area contributed by atoms with Gasteiger partial charge in [-0.2, -0.15) is 9.98 Å². The molecule has 0 radical (unpaired) electrons. The maximum absolute atomic E-state index is 12.1. The van der Waals surface area contributed by atoms with Gasteiger partial charge in [0.05, 0.1) is 16.5 Å². The lowest BCUT2D eigenvalue weighted by atomic mass is 10.2. The highest BCUT2D eigenvalue weighted by Crippen LogP contribution is 2.14. The molecule has 0 fully saturated rings. The molecule has 0 aromatic heterocycles. The van der Waals surface area contributed by atoms with E-state index in [0.717, 1.165) is 0 Å². The second-order valence-electron chi connectivity index (χ2n) is 5.18. The van der Waals surface area contributed by atoms with Crippen LogP contribution in [0.5, 0.6) is 0 Å². The number of hydrogen-bond acceptors (Lipinski definition) is 6. The second kappa shape index (κ2) is 9.14. The van der Waals surface area contributed by atoms with Crippen LogP contribution in [0, 0.1) is 11.3 Å². The largest absolute Gasteiger partial charge is 0.455 e. The quantitative estimate of drug-likeness (QED) is 0.672. The molecule has 2 N–H and O–H groups in total. The zero-order valence-electron chi connectivity index (χ0n) is 13.8. The minimum atomic E-state index is -3.95. The maximum Gasteiger partial charge on any atom is 0.321 e. The van der Waals surface area contributed by atoms with E-state index in [1.807, 2.05) is 6.07 Å². The number of benzene rings is 2. The van der Waals surface area contributed by atoms with E-state index in [-0.39, 0.29) is 4.90 Å². The number of carbonyl (C=O) groups excluding carboxylic acids is 2. The van der Waals surface area contributed by atoms with Crippen LogP contribution in [0.2, 0.25) is 5.02 Å². The van der Waals surface area contributed by atoms with E-state index in [2.05, 4.69) is 10.0 Å². The van der Waals surface area contributed by atoms with Crippen molar-refractivity contribution < 1.29 is 22.7 Å². The van der Waals surface area contributed by atoms with Gasteiger partial charge < -0.3 is 10.1 Å². The summed E-state index contributed by atoms with van der Waals surface area (Å²) < 4.78 is 30.9. The number of ether oxygens (including phenoxy) is 1. The fraction of sp³-hybridized carbons (Fsp3) is 0.118. The van der Waals surface area contributed by atoms with Crippen molar-refractivity contribution in [3.63, 3.8) is 0 Å². The van der Waals surface area contributed by atoms with Crippen molar-refractivity contribution in [3.05, 3.63) is 59.1 Å². The molecular formula is C17H14ClN3O5S. The van der Waals surface area contributed by atoms with E-state index in [4.69, 9.17) is 21.6 Å². The van der Waals surface area contributed by atoms with Crippen LogP contribution in [0.25, 0.3) is 0 Å². The molecule has 0 unspecified atom stereocenters. The first-order valence-electron chi connectivity index (χ1n) is 7.51. The number of halogens is 1. The first-order chi connectivity index (χ1) is 12.8. The fourth-order valence-electron chi connectivity index (χ4n) is 1.91. The number of carbonyl (C=O) groups is 2. The monoisotopic (exact) mass is 407 g/mol. The SMILES string of the molecule is N#Cc1ccc(S(=O)(=O)NCC(=O)OCC(=O)Nc2cccc(Cl)c2)cc1. The summed E-state index contributed by atoms with van der Waals surface area (Å²) in [4.78, 5) is 23.3. The Morgan fingerprint density at radius 2 is 1.85 bits per heavy atom. The Morgan fingerprint density at radius 3 is 2.48 bits per heavy atom. The fourth-order valence-corrected chi connectivity index (χ4v) is 3.07. The minimum absolute atomic E-state index is 0.104. The summed E-state index contributed by atoms with van der Waals surface area (Å²) in [6, 6.07) is 13.4. The zero-order chi connectivity index (χ0) is 19.9. The molecular weight excluding hydrogens is 394 g/mol. The lowest BCUT2D eigenvalue weighted by molar-refractivity contribution is -0.146. The molecule has 0 bridgehead atoms. The van der Waals surface area contributed by atoms with Crippen LogP contribution in [-0.2, 0) is 24.3 Å². The molecule has 0 aliphatic carbocycles. The first-order valence-corrected chi connectivity index (χ1v) is 9.37. The Labute approximate surface area is 160 Å². The number of nitriles is 1. The van der Waals surface area contributed by atoms with Gasteiger partial charge >= 0.3 is 5.97 Å². The van der Waals surface area contributed by atoms with Gasteiger partial charge in [-0.1, -0.05) is 17.7 Å². The van der Waals surface area contributed by atoms with Crippen molar-refractivity contribution in [3.8, 4) is 6.07 Å². The van der Waals surface area contributed by atoms with E-state index >= 15 is 0 Å². The topological polar surface area (TPSA) is 125 Å². The standard InChI is InChI=1S/C17H14ClN3O5S/c18-13-2-1-3-14(8-13)21-16(22)11-26-17(23)10-20-27(24,25)15-6-4-12(9-19)5-7-15/h1-8,20H,10-11H2,(H,21,22). The summed E-state index contributed by atoms with van der Waals surface area (Å²) in [6.45, 7) is -1.23. The third kappa shape index (κ3) is 6.38. The molecule has 0 heterocycles. The van der Waals surface area contributed by atoms with Gasteiger partial charge in [0.25, 0.3) is 5.91 Å². The second-order valence-corrected chi connectivity index (χ2v) is 7.38. The van der Waals surface area contributed by atoms with Crippen LogP contribution in [0.4, 0.5) is 5.69 Å². The number of nitrogens with zero attached hydrogens (tertiary/aromatic N) is 1. The van der Waals surface area contributed by atoms with Crippen LogP contribution in [0.3, 0.4) is 0 Å². The molecule has 0 aliphatic rings. The van der Waals surface area contributed by atoms with Crippen LogP contribution in [0.1, 0.15) is 5.56 Å². The van der Waals surface area contributed by atoms with Gasteiger partial charge in [-0.05, 0) is 42.5 Å². The summed E-state index contributed by atoms with van der Waals surface area (Å²) in [5, 5.41) is 11.6. The van der Waals surface area contributed by atoms with E-state index in [1.54, 1.807) is 18.2 Å². The average molecular weight is 408 g/mol. The van der Waals surface area contributed by atoms with Crippen molar-refractivity contribution in [2.45, 2.75) is 4.90 Å². The molecule has 2 aromatic carbocycles. The molecule has 2 rings (SSSR count). The number of anilines is 1. The van der Waals surface area contributed by atoms with E-state index in [0.29, 0.717) is 16.3 Å². The summed E-state index contributed by atoms with van der Waals surface area (Å²) in [5.41, 5.74) is 0.740. The third-order valence-corrected chi connectivity index (χ3v) is 4.83. The van der Waals surface area contributed by atoms with Crippen LogP contribution < -0.4 is 10.0 Å². The van der Waals surface area contributed by atoms with Gasteiger partial charge in [-0.15, -0.1) is 0 Å². The zero-order valence-corrected chi connectivity index (χ0v) is 15.4. The van der Waals surface area contributed by atoms with Gasteiger partial charge in [-0.3, -0.25) is 9.59 Å². The summed E-state index contributed by atoms with van der Waals surface area (Å²) in [6.07, 6.45) is 0. The molecule has 1 amide bonds. The molecule has 27 heavy (non-hydrogen) atoms. The average Bonchev–Trinajstić information content (AvgIpc) is 2.65. The Kier molecular flexibility index (Phi) is 6.90. The van der Waals surface area contributed by atoms with Crippen molar-refractivity contribution in [2.75, 3.05) is 18.5 Å². The Balaban J connectivity index is 1.81. The van der Waals surface area contributed by atoms with E-state index < -0.39 is 35.1 Å². The highest BCUT2D eigenvalue weighted by atomic mass is 35.5. The van der Waals surface area contributed by atoms with E-state index in [1.165, 1.54) is 30.3 Å². The van der Waals surface area contributed by atoms with Gasteiger partial charge in [0.2, 0.25) is 10.0 Å². The highest BCUT2D eigenvalue weighted by molar-refractivity contribution is 7.89. The lowest BCUT2D eigenvalue weighted by Gasteiger charge is -2.08. The van der Waals surface area contributed by atoms with Crippen molar-refractivity contribution in [1.29, 1.82) is 5.26 Å². The first kappa shape index (κ1) is 20.4. The number of nitrogens with one attached hydrogen (secondary N) is 2. The molecule has 0 saturated carbocycles. The van der Waals surface area contributed by atoms with Crippen molar-refractivity contribution in [2.24, 2.45) is 0 Å². The molecule has 2 aromatic rings. The van der Waals surface area contributed by atoms with Gasteiger partial charge in [0, 0.05) is 10.7 Å².